The summed E-state index contributed by atoms with van der Waals surface area (Å²) in [6.45, 7) is 5.51. The van der Waals surface area contributed by atoms with Crippen LogP contribution >= 0.6 is 0 Å². The van der Waals surface area contributed by atoms with Gasteiger partial charge in [-0.1, -0.05) is 73.3 Å². The van der Waals surface area contributed by atoms with Crippen molar-refractivity contribution in [1.82, 2.24) is 19.5 Å². The van der Waals surface area contributed by atoms with Crippen molar-refractivity contribution in [2.75, 3.05) is 12.3 Å². The van der Waals surface area contributed by atoms with E-state index in [1.165, 1.54) is 18.2 Å². The number of nitrogens with two attached hydrogens (primary N) is 1. The van der Waals surface area contributed by atoms with E-state index in [0.717, 1.165) is 6.42 Å². The van der Waals surface area contributed by atoms with E-state index in [1.807, 2.05) is 18.2 Å². The summed E-state index contributed by atoms with van der Waals surface area (Å²) in [5.74, 6) is -1.77. The lowest BCUT2D eigenvalue weighted by atomic mass is 9.98. The SMILES string of the molecule is C=C/C=C(\C=C/C)C(=O)O.Nc1nc2c(ncn2C2CCC(C(=O)c3ccccc3)OC2)c(=O)[nH]1.O=C(O)c1ccccc1. The van der Waals surface area contributed by atoms with Gasteiger partial charge in [-0.3, -0.25) is 14.6 Å². The number of rotatable bonds is 7. The van der Waals surface area contributed by atoms with Gasteiger partial charge in [0, 0.05) is 5.56 Å². The maximum absolute atomic E-state index is 12.5. The molecule has 1 saturated heterocycles. The molecule has 4 aromatic rings. The van der Waals surface area contributed by atoms with Crippen LogP contribution in [0.5, 0.6) is 0 Å². The van der Waals surface area contributed by atoms with E-state index in [9.17, 15) is 19.2 Å². The third kappa shape index (κ3) is 8.94. The largest absolute Gasteiger partial charge is 0.478 e. The molecule has 0 bridgehead atoms. The molecule has 2 aromatic carbocycles. The molecule has 44 heavy (non-hydrogen) atoms. The maximum atomic E-state index is 12.5. The standard InChI is InChI=1S/C17H17N5O3.C8H10O2.C7H6O2/c18-17-20-15-13(16(24)21-17)19-9-22(15)11-6-7-12(25-8-11)14(23)10-4-2-1-3-5-10;1-3-5-7(6-4-2)8(9)10;8-7(9)6-4-2-1-3-5-6/h1-5,9,11-12H,6-8H2,(H3,18,20,21,24);3-6H,1H2,2H3,(H,9,10);1-5H,(H,8,9)/b;6-4-,7-5+;. The molecular formula is C32H33N5O7. The third-order valence-corrected chi connectivity index (χ3v) is 6.36. The smallest absolute Gasteiger partial charge is 0.335 e. The average Bonchev–Trinajstić information content (AvgIpc) is 3.46. The van der Waals surface area contributed by atoms with E-state index in [0.29, 0.717) is 29.8 Å². The Labute approximate surface area is 252 Å². The van der Waals surface area contributed by atoms with Crippen LogP contribution in [0.2, 0.25) is 0 Å². The van der Waals surface area contributed by atoms with Crippen LogP contribution < -0.4 is 11.3 Å². The summed E-state index contributed by atoms with van der Waals surface area (Å²) in [4.78, 5) is 55.6. The van der Waals surface area contributed by atoms with E-state index >= 15 is 0 Å². The van der Waals surface area contributed by atoms with E-state index in [2.05, 4.69) is 21.5 Å². The molecule has 1 aliphatic heterocycles. The predicted octanol–water partition coefficient (Wildman–Crippen LogP) is 4.45. The summed E-state index contributed by atoms with van der Waals surface area (Å²) in [5.41, 5.74) is 7.17. The first-order valence-electron chi connectivity index (χ1n) is 13.6. The number of hydrogen-bond donors (Lipinski definition) is 4. The van der Waals surface area contributed by atoms with Gasteiger partial charge in [-0.15, -0.1) is 0 Å². The van der Waals surface area contributed by atoms with Gasteiger partial charge in [0.15, 0.2) is 16.9 Å². The number of benzene rings is 2. The van der Waals surface area contributed by atoms with Crippen molar-refractivity contribution in [1.29, 1.82) is 0 Å². The van der Waals surface area contributed by atoms with E-state index in [1.54, 1.807) is 66.4 Å². The average molecular weight is 600 g/mol. The normalized spacial score (nSPS) is 16.2. The molecule has 2 aromatic heterocycles. The summed E-state index contributed by atoms with van der Waals surface area (Å²) in [7, 11) is 0. The number of nitrogen functional groups attached to an aromatic ring is 1. The molecule has 0 spiro atoms. The van der Waals surface area contributed by atoms with Gasteiger partial charge in [0.1, 0.15) is 6.10 Å². The van der Waals surface area contributed by atoms with Crippen molar-refractivity contribution >= 4 is 34.8 Å². The number of aliphatic carboxylic acids is 1. The molecule has 1 fully saturated rings. The number of ketones is 1. The number of allylic oxidation sites excluding steroid dienone is 3. The molecule has 0 amide bonds. The van der Waals surface area contributed by atoms with Gasteiger partial charge in [-0.25, -0.2) is 14.6 Å². The summed E-state index contributed by atoms with van der Waals surface area (Å²) >= 11 is 0. The number of ether oxygens (including phenoxy) is 1. The van der Waals surface area contributed by atoms with Crippen LogP contribution in [0.1, 0.15) is 46.5 Å². The van der Waals surface area contributed by atoms with Crippen molar-refractivity contribution in [3.05, 3.63) is 125 Å². The van der Waals surface area contributed by atoms with E-state index in [-0.39, 0.29) is 34.4 Å². The zero-order valence-electron chi connectivity index (χ0n) is 24.0. The Morgan fingerprint density at radius 2 is 1.68 bits per heavy atom. The van der Waals surface area contributed by atoms with Gasteiger partial charge < -0.3 is 25.3 Å². The lowest BCUT2D eigenvalue weighted by Crippen LogP contribution is -2.33. The number of anilines is 1. The number of aromatic carboxylic acids is 1. The third-order valence-electron chi connectivity index (χ3n) is 6.36. The Morgan fingerprint density at radius 3 is 2.18 bits per heavy atom. The molecule has 228 valence electrons. The minimum absolute atomic E-state index is 0.00615. The quantitative estimate of drug-likeness (QED) is 0.134. The number of carboxylic acid groups (broad SMARTS) is 2. The topological polar surface area (TPSA) is 190 Å². The summed E-state index contributed by atoms with van der Waals surface area (Å²) < 4.78 is 7.59. The fraction of sp³-hybridized carbons (Fsp3) is 0.188. The number of aromatic amines is 1. The van der Waals surface area contributed by atoms with Crippen molar-refractivity contribution in [2.24, 2.45) is 0 Å². The highest BCUT2D eigenvalue weighted by atomic mass is 16.5. The van der Waals surface area contributed by atoms with Gasteiger partial charge in [-0.2, -0.15) is 4.98 Å². The fourth-order valence-corrected chi connectivity index (χ4v) is 4.25. The summed E-state index contributed by atoms with van der Waals surface area (Å²) in [5, 5.41) is 16.9. The van der Waals surface area contributed by atoms with Crippen molar-refractivity contribution in [3.8, 4) is 0 Å². The second-order valence-corrected chi connectivity index (χ2v) is 9.39. The Hall–Kier alpha value is -5.62. The Bertz CT molecular complexity index is 1700. The van der Waals surface area contributed by atoms with Crippen LogP contribution in [-0.2, 0) is 9.53 Å². The lowest BCUT2D eigenvalue weighted by Gasteiger charge is -2.29. The number of carbonyl (C=O) groups excluding carboxylic acids is 1. The first-order valence-corrected chi connectivity index (χ1v) is 13.6. The number of H-pyrrole nitrogens is 1. The van der Waals surface area contributed by atoms with Gasteiger partial charge in [0.25, 0.3) is 5.56 Å². The molecule has 0 aliphatic carbocycles. The van der Waals surface area contributed by atoms with Crippen LogP contribution in [-0.4, -0.2) is 60.2 Å². The molecule has 5 rings (SSSR count). The Balaban J connectivity index is 0.000000229. The van der Waals surface area contributed by atoms with Crippen LogP contribution in [0.15, 0.2) is 108 Å². The molecule has 12 nitrogen and oxygen atoms in total. The predicted molar refractivity (Wildman–Crippen MR) is 165 cm³/mol. The van der Waals surface area contributed by atoms with Gasteiger partial charge >= 0.3 is 11.9 Å². The van der Waals surface area contributed by atoms with Gasteiger partial charge in [0.05, 0.1) is 30.1 Å². The molecule has 0 radical (unpaired) electrons. The van der Waals surface area contributed by atoms with E-state index in [4.69, 9.17) is 20.7 Å². The Morgan fingerprint density at radius 1 is 1.05 bits per heavy atom. The number of carboxylic acids is 2. The second kappa shape index (κ2) is 16.1. The van der Waals surface area contributed by atoms with E-state index < -0.39 is 18.0 Å². The molecule has 2 unspecified atom stereocenters. The highest BCUT2D eigenvalue weighted by Gasteiger charge is 2.29. The molecule has 3 heterocycles. The number of Topliss-reactive ketones (excluding diaryl/α,β-unsaturated/α-hetero) is 1. The number of hydrogen-bond acceptors (Lipinski definition) is 8. The molecule has 5 N–H and O–H groups in total. The lowest BCUT2D eigenvalue weighted by molar-refractivity contribution is -0.132. The van der Waals surface area contributed by atoms with Crippen LogP contribution in [0.25, 0.3) is 11.2 Å². The van der Waals surface area contributed by atoms with Gasteiger partial charge in [-0.05, 0) is 38.0 Å². The molecule has 0 saturated carbocycles. The summed E-state index contributed by atoms with van der Waals surface area (Å²) in [6, 6.07) is 17.4. The monoisotopic (exact) mass is 599 g/mol. The van der Waals surface area contributed by atoms with Crippen molar-refractivity contribution < 1.29 is 29.3 Å². The summed E-state index contributed by atoms with van der Waals surface area (Å²) in [6.07, 6.45) is 8.52. The van der Waals surface area contributed by atoms with Crippen LogP contribution in [0.4, 0.5) is 5.95 Å². The second-order valence-electron chi connectivity index (χ2n) is 9.39. The van der Waals surface area contributed by atoms with Crippen LogP contribution in [0.3, 0.4) is 0 Å². The number of nitrogens with one attached hydrogen (secondary N) is 1. The first-order chi connectivity index (χ1) is 21.2. The number of fused-ring (bicyclic) bond motifs is 1. The molecule has 1 aliphatic rings. The highest BCUT2D eigenvalue weighted by Crippen LogP contribution is 2.27. The fourth-order valence-electron chi connectivity index (χ4n) is 4.25. The maximum Gasteiger partial charge on any atom is 0.335 e. The minimum Gasteiger partial charge on any atom is -0.478 e. The van der Waals surface area contributed by atoms with Crippen molar-refractivity contribution in [3.63, 3.8) is 0 Å². The number of aromatic nitrogens is 4. The number of nitrogens with zero attached hydrogens (tertiary/aromatic N) is 3. The zero-order chi connectivity index (χ0) is 32.1. The zero-order valence-corrected chi connectivity index (χ0v) is 24.0. The number of carbonyl (C=O) groups is 3. The molecule has 12 heteroatoms. The van der Waals surface area contributed by atoms with Crippen LogP contribution in [0, 0.1) is 0 Å². The first kappa shape index (κ1) is 32.9. The molecular weight excluding hydrogens is 566 g/mol. The molecule has 2 atom stereocenters. The highest BCUT2D eigenvalue weighted by molar-refractivity contribution is 5.99. The van der Waals surface area contributed by atoms with Crippen molar-refractivity contribution in [2.45, 2.75) is 31.9 Å². The number of imidazole rings is 1. The Kier molecular flexibility index (Phi) is 12.1. The minimum atomic E-state index is -0.932. The van der Waals surface area contributed by atoms with Gasteiger partial charge in [0.2, 0.25) is 5.95 Å².